The molecule has 2 aromatic rings. The molecule has 1 saturated heterocycles. The van der Waals surface area contributed by atoms with Gasteiger partial charge in [0.2, 0.25) is 17.6 Å². The lowest BCUT2D eigenvalue weighted by Crippen LogP contribution is -2.35. The largest absolute Gasteiger partial charge is 0.378 e. The molecule has 0 aliphatic carbocycles. The number of nitrogens with zero attached hydrogens (tertiary/aromatic N) is 4. The van der Waals surface area contributed by atoms with Gasteiger partial charge in [-0.3, -0.25) is 10.1 Å². The van der Waals surface area contributed by atoms with Gasteiger partial charge in [0.15, 0.2) is 0 Å². The summed E-state index contributed by atoms with van der Waals surface area (Å²) in [6.07, 6.45) is 2.05. The number of nitro groups is 1. The van der Waals surface area contributed by atoms with E-state index < -0.39 is 4.92 Å². The van der Waals surface area contributed by atoms with Crippen LogP contribution in [-0.2, 0) is 0 Å². The lowest BCUT2D eigenvalue weighted by atomic mass is 10.0. The predicted molar refractivity (Wildman–Crippen MR) is 98.4 cm³/mol. The second-order valence-corrected chi connectivity index (χ2v) is 6.63. The van der Waals surface area contributed by atoms with Gasteiger partial charge >= 0.3 is 5.69 Å². The quantitative estimate of drug-likeness (QED) is 0.631. The van der Waals surface area contributed by atoms with E-state index in [0.29, 0.717) is 29.7 Å². The molecule has 1 aromatic carbocycles. The second kappa shape index (κ2) is 7.10. The fourth-order valence-corrected chi connectivity index (χ4v) is 3.18. The van der Waals surface area contributed by atoms with Crippen LogP contribution in [-0.4, -0.2) is 28.0 Å². The summed E-state index contributed by atoms with van der Waals surface area (Å²) >= 11 is 5.98. The van der Waals surface area contributed by atoms with Gasteiger partial charge in [-0.15, -0.1) is 0 Å². The molecule has 25 heavy (non-hydrogen) atoms. The van der Waals surface area contributed by atoms with Crippen LogP contribution < -0.4 is 16.0 Å². The Balaban J connectivity index is 1.99. The Kier molecular flexibility index (Phi) is 4.89. The third-order valence-corrected chi connectivity index (χ3v) is 4.35. The molecule has 0 radical (unpaired) electrons. The first-order chi connectivity index (χ1) is 11.9. The molecule has 3 rings (SSSR count). The minimum absolute atomic E-state index is 0.155. The molecule has 1 atom stereocenters. The van der Waals surface area contributed by atoms with Crippen LogP contribution in [0, 0.1) is 16.0 Å². The molecule has 0 unspecified atom stereocenters. The highest BCUT2D eigenvalue weighted by Crippen LogP contribution is 2.35. The second-order valence-electron chi connectivity index (χ2n) is 6.19. The van der Waals surface area contributed by atoms with Crippen molar-refractivity contribution in [3.63, 3.8) is 0 Å². The summed E-state index contributed by atoms with van der Waals surface area (Å²) in [4.78, 5) is 21.3. The van der Waals surface area contributed by atoms with Gasteiger partial charge in [-0.1, -0.05) is 24.6 Å². The monoisotopic (exact) mass is 362 g/mol. The Labute approximate surface area is 150 Å². The summed E-state index contributed by atoms with van der Waals surface area (Å²) in [6, 6.07) is 7.05. The number of piperidine rings is 1. The van der Waals surface area contributed by atoms with Gasteiger partial charge in [-0.05, 0) is 37.0 Å². The normalized spacial score (nSPS) is 17.4. The minimum Gasteiger partial charge on any atom is -0.378 e. The number of hydrogen-bond acceptors (Lipinski definition) is 7. The minimum atomic E-state index is -0.521. The SMILES string of the molecule is C[C@H]1CCCN(c2nc(Nc3cccc(Cl)c3)nc(N)c2[N+](=O)[O-])C1. The lowest BCUT2D eigenvalue weighted by Gasteiger charge is -2.31. The maximum absolute atomic E-state index is 11.5. The van der Waals surface area contributed by atoms with Crippen molar-refractivity contribution in [2.75, 3.05) is 29.0 Å². The highest BCUT2D eigenvalue weighted by molar-refractivity contribution is 6.30. The van der Waals surface area contributed by atoms with Crippen LogP contribution in [0.25, 0.3) is 0 Å². The zero-order valence-corrected chi connectivity index (χ0v) is 14.5. The molecule has 1 aromatic heterocycles. The van der Waals surface area contributed by atoms with Crippen molar-refractivity contribution >= 4 is 40.6 Å². The molecule has 1 aliphatic heterocycles. The molecule has 8 nitrogen and oxygen atoms in total. The van der Waals surface area contributed by atoms with Crippen LogP contribution in [0.2, 0.25) is 5.02 Å². The van der Waals surface area contributed by atoms with Crippen LogP contribution in [0.1, 0.15) is 19.8 Å². The number of halogens is 1. The van der Waals surface area contributed by atoms with Crippen molar-refractivity contribution in [2.45, 2.75) is 19.8 Å². The molecule has 0 amide bonds. The van der Waals surface area contributed by atoms with Gasteiger partial charge in [0.05, 0.1) is 4.92 Å². The van der Waals surface area contributed by atoms with E-state index in [0.717, 1.165) is 12.8 Å². The third-order valence-electron chi connectivity index (χ3n) is 4.11. The Morgan fingerprint density at radius 1 is 1.44 bits per heavy atom. The highest BCUT2D eigenvalue weighted by atomic mass is 35.5. The van der Waals surface area contributed by atoms with E-state index in [9.17, 15) is 10.1 Å². The predicted octanol–water partition coefficient (Wildman–Crippen LogP) is 3.60. The molecule has 1 aliphatic rings. The summed E-state index contributed by atoms with van der Waals surface area (Å²) in [5, 5.41) is 15.0. The lowest BCUT2D eigenvalue weighted by molar-refractivity contribution is -0.383. The third kappa shape index (κ3) is 3.90. The van der Waals surface area contributed by atoms with E-state index in [1.807, 2.05) is 4.90 Å². The molecular weight excluding hydrogens is 344 g/mol. The number of hydrogen-bond donors (Lipinski definition) is 2. The molecular formula is C16H19ClN6O2. The highest BCUT2D eigenvalue weighted by Gasteiger charge is 2.29. The average Bonchev–Trinajstić information content (AvgIpc) is 2.54. The van der Waals surface area contributed by atoms with Gasteiger partial charge in [-0.2, -0.15) is 9.97 Å². The summed E-state index contributed by atoms with van der Waals surface area (Å²) in [5.41, 5.74) is 6.30. The standard InChI is InChI=1S/C16H19ClN6O2/c1-10-4-3-7-22(9-10)15-13(23(24)25)14(18)20-16(21-15)19-12-6-2-5-11(17)8-12/h2,5-6,8,10H,3-4,7,9H2,1H3,(H3,18,19,20,21)/t10-/m0/s1. The van der Waals surface area contributed by atoms with Gasteiger partial charge in [-0.25, -0.2) is 0 Å². The first-order valence-electron chi connectivity index (χ1n) is 8.03. The van der Waals surface area contributed by atoms with Crippen molar-refractivity contribution in [1.82, 2.24) is 9.97 Å². The molecule has 1 fully saturated rings. The summed E-state index contributed by atoms with van der Waals surface area (Å²) in [6.45, 7) is 3.53. The van der Waals surface area contributed by atoms with Crippen molar-refractivity contribution < 1.29 is 4.92 Å². The van der Waals surface area contributed by atoms with E-state index >= 15 is 0 Å². The van der Waals surface area contributed by atoms with Crippen LogP contribution in [0.5, 0.6) is 0 Å². The zero-order chi connectivity index (χ0) is 18.0. The molecule has 0 spiro atoms. The molecule has 0 saturated carbocycles. The molecule has 3 N–H and O–H groups in total. The Bertz CT molecular complexity index is 800. The average molecular weight is 363 g/mol. The molecule has 9 heteroatoms. The first kappa shape index (κ1) is 17.2. The Hall–Kier alpha value is -2.61. The zero-order valence-electron chi connectivity index (χ0n) is 13.8. The van der Waals surface area contributed by atoms with E-state index in [4.69, 9.17) is 17.3 Å². The van der Waals surface area contributed by atoms with Crippen molar-refractivity contribution in [3.05, 3.63) is 39.4 Å². The van der Waals surface area contributed by atoms with Crippen LogP contribution >= 0.6 is 11.6 Å². The number of benzene rings is 1. The van der Waals surface area contributed by atoms with Gasteiger partial charge in [0, 0.05) is 23.8 Å². The van der Waals surface area contributed by atoms with Crippen molar-refractivity contribution in [2.24, 2.45) is 5.92 Å². The summed E-state index contributed by atoms with van der Waals surface area (Å²) in [7, 11) is 0. The molecule has 2 heterocycles. The fraction of sp³-hybridized carbons (Fsp3) is 0.375. The van der Waals surface area contributed by atoms with Gasteiger partial charge in [0.25, 0.3) is 0 Å². The number of nitrogen functional groups attached to an aromatic ring is 1. The number of rotatable bonds is 4. The van der Waals surface area contributed by atoms with Crippen molar-refractivity contribution in [1.29, 1.82) is 0 Å². The molecule has 132 valence electrons. The van der Waals surface area contributed by atoms with Crippen LogP contribution in [0.15, 0.2) is 24.3 Å². The van der Waals surface area contributed by atoms with E-state index in [2.05, 4.69) is 22.2 Å². The smallest absolute Gasteiger partial charge is 0.353 e. The van der Waals surface area contributed by atoms with Crippen LogP contribution in [0.3, 0.4) is 0 Å². The Morgan fingerprint density at radius 2 is 2.24 bits per heavy atom. The van der Waals surface area contributed by atoms with E-state index in [1.54, 1.807) is 24.3 Å². The summed E-state index contributed by atoms with van der Waals surface area (Å²) < 4.78 is 0. The maximum Gasteiger partial charge on any atom is 0.353 e. The topological polar surface area (TPSA) is 110 Å². The Morgan fingerprint density at radius 3 is 2.92 bits per heavy atom. The summed E-state index contributed by atoms with van der Waals surface area (Å²) in [5.74, 6) is 0.749. The number of anilines is 4. The fourth-order valence-electron chi connectivity index (χ4n) is 2.99. The van der Waals surface area contributed by atoms with E-state index in [1.165, 1.54) is 0 Å². The van der Waals surface area contributed by atoms with Crippen LogP contribution in [0.4, 0.5) is 29.0 Å². The van der Waals surface area contributed by atoms with E-state index in [-0.39, 0.29) is 23.3 Å². The number of nitrogens with one attached hydrogen (secondary N) is 1. The number of nitrogens with two attached hydrogens (primary N) is 1. The maximum atomic E-state index is 11.5. The molecule has 0 bridgehead atoms. The van der Waals surface area contributed by atoms with Crippen molar-refractivity contribution in [3.8, 4) is 0 Å². The first-order valence-corrected chi connectivity index (χ1v) is 8.41. The number of aromatic nitrogens is 2. The van der Waals surface area contributed by atoms with Gasteiger partial charge in [0.1, 0.15) is 0 Å². The van der Waals surface area contributed by atoms with Gasteiger partial charge < -0.3 is 16.0 Å².